The molecule has 0 aliphatic rings. The van der Waals surface area contributed by atoms with Crippen LogP contribution in [0.1, 0.15) is 32.5 Å². The molecular weight excluding hydrogens is 367 g/mol. The summed E-state index contributed by atoms with van der Waals surface area (Å²) in [5.74, 6) is -1.21. The Labute approximate surface area is 154 Å². The summed E-state index contributed by atoms with van der Waals surface area (Å²) in [5, 5.41) is 6.04. The molecule has 2 aromatic rings. The molecule has 1 heterocycles. The van der Waals surface area contributed by atoms with Gasteiger partial charge in [-0.3, -0.25) is 9.59 Å². The lowest BCUT2D eigenvalue weighted by atomic mass is 10.2. The second kappa shape index (κ2) is 8.42. The van der Waals surface area contributed by atoms with E-state index in [0.717, 1.165) is 29.0 Å². The third-order valence-corrected chi connectivity index (χ3v) is 4.79. The summed E-state index contributed by atoms with van der Waals surface area (Å²) >= 11 is 7.05. The lowest BCUT2D eigenvalue weighted by Crippen LogP contribution is -2.35. The van der Waals surface area contributed by atoms with Crippen molar-refractivity contribution in [3.05, 3.63) is 51.1 Å². The summed E-state index contributed by atoms with van der Waals surface area (Å²) in [6.45, 7) is 4.03. The first-order valence-electron chi connectivity index (χ1n) is 7.48. The van der Waals surface area contributed by atoms with Crippen molar-refractivity contribution < 1.29 is 18.7 Å². The van der Waals surface area contributed by atoms with Crippen LogP contribution < -0.4 is 10.6 Å². The molecule has 0 aliphatic heterocycles. The predicted molar refractivity (Wildman–Crippen MR) is 97.2 cm³/mol. The molecule has 0 unspecified atom stereocenters. The number of ether oxygens (including phenoxy) is 1. The summed E-state index contributed by atoms with van der Waals surface area (Å²) in [4.78, 5) is 25.1. The highest BCUT2D eigenvalue weighted by atomic mass is 35.5. The van der Waals surface area contributed by atoms with Gasteiger partial charge in [0.2, 0.25) is 0 Å². The number of carbonyl (C=O) groups excluding carboxylic acids is 2. The van der Waals surface area contributed by atoms with Gasteiger partial charge in [-0.25, -0.2) is 4.39 Å². The molecule has 2 amide bonds. The molecule has 2 N–H and O–H groups in total. The number of benzene rings is 1. The Morgan fingerprint density at radius 3 is 2.68 bits per heavy atom. The fourth-order valence-electron chi connectivity index (χ4n) is 2.20. The van der Waals surface area contributed by atoms with E-state index < -0.39 is 11.7 Å². The number of rotatable bonds is 6. The van der Waals surface area contributed by atoms with Crippen molar-refractivity contribution >= 4 is 39.8 Å². The zero-order valence-electron chi connectivity index (χ0n) is 14.0. The standard InChI is InChI=1S/C17H18ClFN2O3S/c1-9-6-14(25-15(9)17(23)20-10(2)8-24-3)21-16(22)12-5-4-11(19)7-13(12)18/h4-7,10H,8H2,1-3H3,(H,20,23)(H,21,22)/t10-/m0/s1. The molecule has 5 nitrogen and oxygen atoms in total. The van der Waals surface area contributed by atoms with Crippen molar-refractivity contribution in [2.75, 3.05) is 19.0 Å². The molecule has 0 saturated carbocycles. The molecule has 0 spiro atoms. The van der Waals surface area contributed by atoms with Crippen molar-refractivity contribution in [3.63, 3.8) is 0 Å². The van der Waals surface area contributed by atoms with Crippen LogP contribution in [0.15, 0.2) is 24.3 Å². The SMILES string of the molecule is COC[C@H](C)NC(=O)c1sc(NC(=O)c2ccc(F)cc2Cl)cc1C. The van der Waals surface area contributed by atoms with Crippen molar-refractivity contribution in [2.24, 2.45) is 0 Å². The molecule has 2 rings (SSSR count). The summed E-state index contributed by atoms with van der Waals surface area (Å²) in [7, 11) is 1.56. The molecule has 25 heavy (non-hydrogen) atoms. The van der Waals surface area contributed by atoms with Gasteiger partial charge in [0.05, 0.1) is 27.1 Å². The van der Waals surface area contributed by atoms with E-state index in [0.29, 0.717) is 16.5 Å². The highest BCUT2D eigenvalue weighted by Crippen LogP contribution is 2.28. The van der Waals surface area contributed by atoms with Crippen LogP contribution in [0.4, 0.5) is 9.39 Å². The number of hydrogen-bond acceptors (Lipinski definition) is 4. The van der Waals surface area contributed by atoms with Crippen LogP contribution in [-0.2, 0) is 4.74 Å². The van der Waals surface area contributed by atoms with Gasteiger partial charge < -0.3 is 15.4 Å². The Morgan fingerprint density at radius 2 is 2.04 bits per heavy atom. The molecular formula is C17H18ClFN2O3S. The van der Waals surface area contributed by atoms with Crippen LogP contribution in [0.3, 0.4) is 0 Å². The first-order chi connectivity index (χ1) is 11.8. The summed E-state index contributed by atoms with van der Waals surface area (Å²) in [6, 6.07) is 5.13. The third-order valence-electron chi connectivity index (χ3n) is 3.33. The maximum atomic E-state index is 13.1. The number of anilines is 1. The maximum Gasteiger partial charge on any atom is 0.261 e. The van der Waals surface area contributed by atoms with E-state index in [-0.39, 0.29) is 22.5 Å². The minimum atomic E-state index is -0.516. The van der Waals surface area contributed by atoms with Gasteiger partial charge in [-0.05, 0) is 43.7 Å². The summed E-state index contributed by atoms with van der Waals surface area (Å²) in [6.07, 6.45) is 0. The first kappa shape index (κ1) is 19.4. The fraction of sp³-hybridized carbons (Fsp3) is 0.294. The van der Waals surface area contributed by atoms with Crippen LogP contribution >= 0.6 is 22.9 Å². The third kappa shape index (κ3) is 5.01. The van der Waals surface area contributed by atoms with Gasteiger partial charge in [-0.1, -0.05) is 11.6 Å². The van der Waals surface area contributed by atoms with Gasteiger partial charge in [0.25, 0.3) is 11.8 Å². The van der Waals surface area contributed by atoms with Crippen molar-refractivity contribution in [2.45, 2.75) is 19.9 Å². The molecule has 0 aliphatic carbocycles. The minimum Gasteiger partial charge on any atom is -0.383 e. The largest absolute Gasteiger partial charge is 0.383 e. The molecule has 0 radical (unpaired) electrons. The van der Waals surface area contributed by atoms with Gasteiger partial charge >= 0.3 is 0 Å². The lowest BCUT2D eigenvalue weighted by molar-refractivity contribution is 0.0908. The topological polar surface area (TPSA) is 67.4 Å². The summed E-state index contributed by atoms with van der Waals surface area (Å²) in [5.41, 5.74) is 0.904. The number of halogens is 2. The van der Waals surface area contributed by atoms with E-state index in [4.69, 9.17) is 16.3 Å². The molecule has 1 aromatic heterocycles. The number of nitrogens with one attached hydrogen (secondary N) is 2. The van der Waals surface area contributed by atoms with E-state index in [2.05, 4.69) is 10.6 Å². The molecule has 1 atom stereocenters. The first-order valence-corrected chi connectivity index (χ1v) is 8.68. The van der Waals surface area contributed by atoms with Crippen LogP contribution in [0.25, 0.3) is 0 Å². The molecule has 0 saturated heterocycles. The highest BCUT2D eigenvalue weighted by molar-refractivity contribution is 7.18. The number of aryl methyl sites for hydroxylation is 1. The Bertz CT molecular complexity index is 794. The zero-order valence-corrected chi connectivity index (χ0v) is 15.6. The Hall–Kier alpha value is -1.96. The number of hydrogen-bond donors (Lipinski definition) is 2. The Balaban J connectivity index is 2.11. The van der Waals surface area contributed by atoms with Crippen LogP contribution in [0.5, 0.6) is 0 Å². The molecule has 8 heteroatoms. The Kier molecular flexibility index (Phi) is 6.52. The molecule has 0 bridgehead atoms. The van der Waals surface area contributed by atoms with Crippen molar-refractivity contribution in [3.8, 4) is 0 Å². The van der Waals surface area contributed by atoms with E-state index >= 15 is 0 Å². The number of amides is 2. The number of thiophene rings is 1. The van der Waals surface area contributed by atoms with Crippen molar-refractivity contribution in [1.82, 2.24) is 5.32 Å². The van der Waals surface area contributed by atoms with Gasteiger partial charge in [-0.15, -0.1) is 11.3 Å². The van der Waals surface area contributed by atoms with Gasteiger partial charge in [0, 0.05) is 13.2 Å². The van der Waals surface area contributed by atoms with E-state index in [1.54, 1.807) is 20.1 Å². The Morgan fingerprint density at radius 1 is 1.32 bits per heavy atom. The second-order valence-corrected chi connectivity index (χ2v) is 6.99. The van der Waals surface area contributed by atoms with Gasteiger partial charge in [-0.2, -0.15) is 0 Å². The van der Waals surface area contributed by atoms with E-state index in [1.807, 2.05) is 6.92 Å². The number of carbonyl (C=O) groups is 2. The van der Waals surface area contributed by atoms with Gasteiger partial charge in [0.15, 0.2) is 0 Å². The van der Waals surface area contributed by atoms with E-state index in [1.165, 1.54) is 6.07 Å². The molecule has 134 valence electrons. The van der Waals surface area contributed by atoms with Crippen LogP contribution in [-0.4, -0.2) is 31.6 Å². The lowest BCUT2D eigenvalue weighted by Gasteiger charge is -2.12. The normalized spacial score (nSPS) is 11.9. The number of methoxy groups -OCH3 is 1. The maximum absolute atomic E-state index is 13.1. The highest BCUT2D eigenvalue weighted by Gasteiger charge is 2.18. The summed E-state index contributed by atoms with van der Waals surface area (Å²) < 4.78 is 18.1. The quantitative estimate of drug-likeness (QED) is 0.794. The second-order valence-electron chi connectivity index (χ2n) is 5.53. The zero-order chi connectivity index (χ0) is 18.6. The van der Waals surface area contributed by atoms with Gasteiger partial charge in [0.1, 0.15) is 5.82 Å². The molecule has 0 fully saturated rings. The predicted octanol–water partition coefficient (Wildman–Crippen LogP) is 3.87. The smallest absolute Gasteiger partial charge is 0.261 e. The molecule has 1 aromatic carbocycles. The minimum absolute atomic E-state index is 0.0251. The average Bonchev–Trinajstić information content (AvgIpc) is 2.87. The van der Waals surface area contributed by atoms with E-state index in [9.17, 15) is 14.0 Å². The fourth-order valence-corrected chi connectivity index (χ4v) is 3.43. The van der Waals surface area contributed by atoms with Crippen LogP contribution in [0, 0.1) is 12.7 Å². The average molecular weight is 385 g/mol. The van der Waals surface area contributed by atoms with Crippen LogP contribution in [0.2, 0.25) is 5.02 Å². The van der Waals surface area contributed by atoms with Crippen molar-refractivity contribution in [1.29, 1.82) is 0 Å². The monoisotopic (exact) mass is 384 g/mol.